The average molecular weight is 292 g/mol. The average Bonchev–Trinajstić information content (AvgIpc) is 3.18. The number of nitrogens with zero attached hydrogens (tertiary/aromatic N) is 4. The van der Waals surface area contributed by atoms with Crippen LogP contribution in [0.1, 0.15) is 44.8 Å². The highest BCUT2D eigenvalue weighted by Gasteiger charge is 2.32. The highest BCUT2D eigenvalue weighted by molar-refractivity contribution is 4.89. The van der Waals surface area contributed by atoms with Crippen molar-refractivity contribution in [2.45, 2.75) is 52.6 Å². The zero-order valence-corrected chi connectivity index (χ0v) is 13.6. The van der Waals surface area contributed by atoms with Crippen molar-refractivity contribution in [1.29, 1.82) is 0 Å². The summed E-state index contributed by atoms with van der Waals surface area (Å²) in [5, 5.41) is 4.05. The number of rotatable bonds is 5. The first-order valence-corrected chi connectivity index (χ1v) is 8.37. The first kappa shape index (κ1) is 15.0. The van der Waals surface area contributed by atoms with Gasteiger partial charge in [-0.15, -0.1) is 0 Å². The van der Waals surface area contributed by atoms with Gasteiger partial charge in [-0.1, -0.05) is 19.0 Å². The normalized spacial score (nSPS) is 25.4. The van der Waals surface area contributed by atoms with Crippen LogP contribution in [0.15, 0.2) is 4.52 Å². The topological polar surface area (TPSA) is 45.4 Å². The van der Waals surface area contributed by atoms with Crippen LogP contribution in [0.2, 0.25) is 0 Å². The molecular formula is C16H28N4O. The van der Waals surface area contributed by atoms with Gasteiger partial charge >= 0.3 is 0 Å². The Morgan fingerprint density at radius 1 is 1.29 bits per heavy atom. The largest absolute Gasteiger partial charge is 0.340 e. The second-order valence-corrected chi connectivity index (χ2v) is 7.07. The third kappa shape index (κ3) is 4.04. The minimum absolute atomic E-state index is 0.654. The third-order valence-corrected chi connectivity index (χ3v) is 4.73. The van der Waals surface area contributed by atoms with E-state index in [4.69, 9.17) is 4.52 Å². The third-order valence-electron chi connectivity index (χ3n) is 4.73. The van der Waals surface area contributed by atoms with E-state index in [2.05, 4.69) is 33.8 Å². The molecule has 2 heterocycles. The van der Waals surface area contributed by atoms with Crippen LogP contribution in [0.5, 0.6) is 0 Å². The first-order chi connectivity index (χ1) is 10.1. The summed E-state index contributed by atoms with van der Waals surface area (Å²) >= 11 is 0. The Bertz CT molecular complexity index is 455. The van der Waals surface area contributed by atoms with E-state index in [9.17, 15) is 0 Å². The molecule has 1 aromatic rings. The molecule has 0 bridgehead atoms. The summed E-state index contributed by atoms with van der Waals surface area (Å²) in [5.41, 5.74) is 0. The van der Waals surface area contributed by atoms with Gasteiger partial charge < -0.3 is 4.52 Å². The molecule has 1 atom stereocenters. The minimum Gasteiger partial charge on any atom is -0.340 e. The van der Waals surface area contributed by atoms with E-state index in [-0.39, 0.29) is 0 Å². The van der Waals surface area contributed by atoms with Crippen LogP contribution in [0, 0.1) is 18.8 Å². The Hall–Kier alpha value is -0.940. The van der Waals surface area contributed by atoms with Gasteiger partial charge in [-0.25, -0.2) is 0 Å². The lowest BCUT2D eigenvalue weighted by atomic mass is 10.0. The first-order valence-electron chi connectivity index (χ1n) is 8.37. The summed E-state index contributed by atoms with van der Waals surface area (Å²) in [4.78, 5) is 9.59. The van der Waals surface area contributed by atoms with Gasteiger partial charge in [0.1, 0.15) is 0 Å². The van der Waals surface area contributed by atoms with Crippen LogP contribution in [0.25, 0.3) is 0 Å². The lowest BCUT2D eigenvalue weighted by Crippen LogP contribution is -2.45. The molecule has 1 saturated carbocycles. The summed E-state index contributed by atoms with van der Waals surface area (Å²) in [6, 6.07) is 0.654. The molecule has 0 aromatic carbocycles. The fraction of sp³-hybridized carbons (Fsp3) is 0.875. The van der Waals surface area contributed by atoms with Crippen molar-refractivity contribution in [2.75, 3.05) is 26.2 Å². The number of hydrogen-bond donors (Lipinski definition) is 0. The van der Waals surface area contributed by atoms with Gasteiger partial charge in [0.05, 0.1) is 6.54 Å². The molecule has 5 heteroatoms. The highest BCUT2D eigenvalue weighted by Crippen LogP contribution is 2.31. The van der Waals surface area contributed by atoms with Crippen molar-refractivity contribution in [1.82, 2.24) is 19.9 Å². The van der Waals surface area contributed by atoms with Crippen molar-refractivity contribution in [3.8, 4) is 0 Å². The van der Waals surface area contributed by atoms with E-state index in [0.717, 1.165) is 31.4 Å². The molecule has 0 N–H and O–H groups in total. The molecule has 3 rings (SSSR count). The lowest BCUT2D eigenvalue weighted by molar-refractivity contribution is 0.130. The predicted octanol–water partition coefficient (Wildman–Crippen LogP) is 2.32. The van der Waals surface area contributed by atoms with Gasteiger partial charge in [-0.2, -0.15) is 4.98 Å². The number of aromatic nitrogens is 2. The number of aryl methyl sites for hydroxylation is 1. The molecule has 1 aliphatic heterocycles. The standard InChI is InChI=1S/C16H28N4O/c1-12(2)15-10-19(11-16-17-13(3)21-18-16)7-4-8-20(15)9-14-5-6-14/h12,14-15H,4-11H2,1-3H3/t15-/m1/s1. The summed E-state index contributed by atoms with van der Waals surface area (Å²) < 4.78 is 5.10. The van der Waals surface area contributed by atoms with Crippen LogP contribution in [0.3, 0.4) is 0 Å². The molecule has 2 aliphatic rings. The molecule has 21 heavy (non-hydrogen) atoms. The van der Waals surface area contributed by atoms with E-state index in [1.807, 2.05) is 6.92 Å². The van der Waals surface area contributed by atoms with Crippen LogP contribution in [0.4, 0.5) is 0 Å². The van der Waals surface area contributed by atoms with Gasteiger partial charge in [-0.05, 0) is 44.2 Å². The molecule has 2 fully saturated rings. The maximum absolute atomic E-state index is 5.10. The molecule has 1 saturated heterocycles. The molecule has 0 radical (unpaired) electrons. The Balaban J connectivity index is 1.63. The molecule has 0 amide bonds. The fourth-order valence-electron chi connectivity index (χ4n) is 3.37. The molecule has 1 aliphatic carbocycles. The van der Waals surface area contributed by atoms with Crippen LogP contribution < -0.4 is 0 Å². The summed E-state index contributed by atoms with van der Waals surface area (Å²) in [6.07, 6.45) is 4.12. The molecule has 5 nitrogen and oxygen atoms in total. The van der Waals surface area contributed by atoms with E-state index in [1.54, 1.807) is 0 Å². The molecular weight excluding hydrogens is 264 g/mol. The molecule has 118 valence electrons. The quantitative estimate of drug-likeness (QED) is 0.833. The van der Waals surface area contributed by atoms with Gasteiger partial charge in [0.25, 0.3) is 0 Å². The molecule has 0 spiro atoms. The monoisotopic (exact) mass is 292 g/mol. The summed E-state index contributed by atoms with van der Waals surface area (Å²) in [7, 11) is 0. The van der Waals surface area contributed by atoms with E-state index in [0.29, 0.717) is 17.9 Å². The van der Waals surface area contributed by atoms with Gasteiger partial charge in [0.2, 0.25) is 5.89 Å². The van der Waals surface area contributed by atoms with Crippen LogP contribution in [-0.2, 0) is 6.54 Å². The van der Waals surface area contributed by atoms with Crippen molar-refractivity contribution < 1.29 is 4.52 Å². The highest BCUT2D eigenvalue weighted by atomic mass is 16.5. The van der Waals surface area contributed by atoms with E-state index >= 15 is 0 Å². The lowest BCUT2D eigenvalue weighted by Gasteiger charge is -2.34. The van der Waals surface area contributed by atoms with Crippen LogP contribution in [-0.4, -0.2) is 52.2 Å². The van der Waals surface area contributed by atoms with Gasteiger partial charge in [0, 0.05) is 26.1 Å². The Morgan fingerprint density at radius 3 is 2.71 bits per heavy atom. The van der Waals surface area contributed by atoms with Gasteiger partial charge in [-0.3, -0.25) is 9.80 Å². The maximum Gasteiger partial charge on any atom is 0.223 e. The fourth-order valence-corrected chi connectivity index (χ4v) is 3.37. The molecule has 1 aromatic heterocycles. The van der Waals surface area contributed by atoms with E-state index in [1.165, 1.54) is 32.4 Å². The van der Waals surface area contributed by atoms with Crippen molar-refractivity contribution >= 4 is 0 Å². The maximum atomic E-state index is 5.10. The predicted molar refractivity (Wildman–Crippen MR) is 81.9 cm³/mol. The van der Waals surface area contributed by atoms with Crippen molar-refractivity contribution in [2.24, 2.45) is 11.8 Å². The van der Waals surface area contributed by atoms with Crippen molar-refractivity contribution in [3.05, 3.63) is 11.7 Å². The molecule has 0 unspecified atom stereocenters. The minimum atomic E-state index is 0.654. The van der Waals surface area contributed by atoms with Crippen LogP contribution >= 0.6 is 0 Å². The second-order valence-electron chi connectivity index (χ2n) is 7.07. The van der Waals surface area contributed by atoms with E-state index < -0.39 is 0 Å². The van der Waals surface area contributed by atoms with Gasteiger partial charge in [0.15, 0.2) is 5.82 Å². The summed E-state index contributed by atoms with van der Waals surface area (Å²) in [5.74, 6) is 3.15. The summed E-state index contributed by atoms with van der Waals surface area (Å²) in [6.45, 7) is 12.2. The Morgan fingerprint density at radius 2 is 2.10 bits per heavy atom. The van der Waals surface area contributed by atoms with Crippen molar-refractivity contribution in [3.63, 3.8) is 0 Å². The SMILES string of the molecule is Cc1nc(CN2CCCN(CC3CC3)[C@@H](C(C)C)C2)no1. The number of hydrogen-bond acceptors (Lipinski definition) is 5. The Labute approximate surface area is 127 Å². The zero-order chi connectivity index (χ0) is 14.8. The zero-order valence-electron chi connectivity index (χ0n) is 13.6. The Kier molecular flexibility index (Phi) is 4.60. The second kappa shape index (κ2) is 6.44. The smallest absolute Gasteiger partial charge is 0.223 e.